The lowest BCUT2D eigenvalue weighted by atomic mass is 9.90. The van der Waals surface area contributed by atoms with Crippen molar-refractivity contribution in [3.05, 3.63) is 35.9 Å². The second-order valence-corrected chi connectivity index (χ2v) is 5.54. The first kappa shape index (κ1) is 13.6. The summed E-state index contributed by atoms with van der Waals surface area (Å²) in [6.07, 6.45) is 2.51. The molecule has 1 saturated heterocycles. The van der Waals surface area contributed by atoms with Crippen molar-refractivity contribution in [1.29, 1.82) is 0 Å². The third kappa shape index (κ3) is 3.12. The van der Waals surface area contributed by atoms with E-state index >= 15 is 0 Å². The summed E-state index contributed by atoms with van der Waals surface area (Å²) in [7, 11) is 0. The fourth-order valence-electron chi connectivity index (χ4n) is 3.08. The van der Waals surface area contributed by atoms with Crippen LogP contribution in [0.15, 0.2) is 30.3 Å². The molecule has 1 aromatic carbocycles. The Bertz CT molecular complexity index is 347. The number of nitrogens with zero attached hydrogens (tertiary/aromatic N) is 1. The summed E-state index contributed by atoms with van der Waals surface area (Å²) in [5, 5.41) is 3.62. The molecule has 0 bridgehead atoms. The van der Waals surface area contributed by atoms with Gasteiger partial charge in [-0.15, -0.1) is 0 Å². The van der Waals surface area contributed by atoms with Gasteiger partial charge in [-0.3, -0.25) is 4.90 Å². The monoisotopic (exact) mass is 246 g/mol. The van der Waals surface area contributed by atoms with Crippen LogP contribution in [0.3, 0.4) is 0 Å². The molecule has 18 heavy (non-hydrogen) atoms. The third-order valence-electron chi connectivity index (χ3n) is 3.98. The summed E-state index contributed by atoms with van der Waals surface area (Å²) in [6.45, 7) is 9.10. The number of hydrogen-bond acceptors (Lipinski definition) is 2. The number of hydrogen-bond donors (Lipinski definition) is 1. The highest BCUT2D eigenvalue weighted by Crippen LogP contribution is 2.32. The topological polar surface area (TPSA) is 15.3 Å². The van der Waals surface area contributed by atoms with E-state index in [1.54, 1.807) is 0 Å². The van der Waals surface area contributed by atoms with Crippen molar-refractivity contribution >= 4 is 0 Å². The van der Waals surface area contributed by atoms with Crippen molar-refractivity contribution in [1.82, 2.24) is 10.2 Å². The summed E-state index contributed by atoms with van der Waals surface area (Å²) in [5.74, 6) is 0. The van der Waals surface area contributed by atoms with Gasteiger partial charge < -0.3 is 5.32 Å². The van der Waals surface area contributed by atoms with Crippen LogP contribution in [-0.4, -0.2) is 30.1 Å². The van der Waals surface area contributed by atoms with Gasteiger partial charge in [-0.05, 0) is 38.8 Å². The fraction of sp³-hybridized carbons (Fsp3) is 0.625. The molecule has 2 nitrogen and oxygen atoms in total. The summed E-state index contributed by atoms with van der Waals surface area (Å²) < 4.78 is 0. The van der Waals surface area contributed by atoms with Crippen molar-refractivity contribution in [2.75, 3.05) is 13.1 Å². The zero-order chi connectivity index (χ0) is 13.0. The van der Waals surface area contributed by atoms with E-state index < -0.39 is 0 Å². The Labute approximate surface area is 111 Å². The summed E-state index contributed by atoms with van der Waals surface area (Å²) >= 11 is 0. The van der Waals surface area contributed by atoms with Crippen LogP contribution in [0, 0.1) is 0 Å². The van der Waals surface area contributed by atoms with Crippen LogP contribution in [0.5, 0.6) is 0 Å². The molecule has 2 atom stereocenters. The number of benzene rings is 1. The van der Waals surface area contributed by atoms with E-state index in [4.69, 9.17) is 0 Å². The third-order valence-corrected chi connectivity index (χ3v) is 3.98. The quantitative estimate of drug-likeness (QED) is 0.877. The molecular weight excluding hydrogens is 220 g/mol. The molecule has 1 N–H and O–H groups in total. The van der Waals surface area contributed by atoms with E-state index in [1.807, 2.05) is 0 Å². The molecule has 0 radical (unpaired) electrons. The Hall–Kier alpha value is -0.860. The Kier molecular flexibility index (Phi) is 4.79. The molecule has 0 aromatic heterocycles. The van der Waals surface area contributed by atoms with E-state index in [1.165, 1.54) is 24.9 Å². The van der Waals surface area contributed by atoms with Crippen LogP contribution in [-0.2, 0) is 0 Å². The normalized spacial score (nSPS) is 25.6. The van der Waals surface area contributed by atoms with Crippen LogP contribution in [0.1, 0.15) is 45.2 Å². The second-order valence-electron chi connectivity index (χ2n) is 5.54. The van der Waals surface area contributed by atoms with Crippen molar-refractivity contribution < 1.29 is 0 Å². The van der Waals surface area contributed by atoms with Gasteiger partial charge in [0.15, 0.2) is 0 Å². The van der Waals surface area contributed by atoms with Crippen LogP contribution in [0.25, 0.3) is 0 Å². The standard InChI is InChI=1S/C16H26N2/c1-4-17-15-10-11-18(13(2)3)16(12-15)14-8-6-5-7-9-14/h5-9,13,15-17H,4,10-12H2,1-3H3/t15-,16+/m1/s1. The molecule has 0 spiro atoms. The zero-order valence-electron chi connectivity index (χ0n) is 11.9. The smallest absolute Gasteiger partial charge is 0.0365 e. The first-order valence-corrected chi connectivity index (χ1v) is 7.26. The van der Waals surface area contributed by atoms with Gasteiger partial charge in [0.1, 0.15) is 0 Å². The lowest BCUT2D eigenvalue weighted by molar-refractivity contribution is 0.0930. The van der Waals surface area contributed by atoms with Crippen LogP contribution >= 0.6 is 0 Å². The molecule has 2 rings (SSSR count). The van der Waals surface area contributed by atoms with Crippen LogP contribution in [0.2, 0.25) is 0 Å². The lowest BCUT2D eigenvalue weighted by Gasteiger charge is -2.42. The van der Waals surface area contributed by atoms with Crippen molar-refractivity contribution in [2.24, 2.45) is 0 Å². The van der Waals surface area contributed by atoms with Gasteiger partial charge in [0.05, 0.1) is 0 Å². The minimum atomic E-state index is 0.573. The summed E-state index contributed by atoms with van der Waals surface area (Å²) in [6, 6.07) is 12.8. The van der Waals surface area contributed by atoms with Gasteiger partial charge in [0, 0.05) is 24.7 Å². The highest BCUT2D eigenvalue weighted by molar-refractivity contribution is 5.20. The molecular formula is C16H26N2. The predicted octanol–water partition coefficient (Wildman–Crippen LogP) is 3.21. The maximum absolute atomic E-state index is 3.62. The number of piperidine rings is 1. The first-order chi connectivity index (χ1) is 8.72. The van der Waals surface area contributed by atoms with Crippen molar-refractivity contribution in [3.8, 4) is 0 Å². The molecule has 1 heterocycles. The molecule has 0 amide bonds. The maximum atomic E-state index is 3.62. The predicted molar refractivity (Wildman–Crippen MR) is 77.7 cm³/mol. The van der Waals surface area contributed by atoms with E-state index in [9.17, 15) is 0 Å². The van der Waals surface area contributed by atoms with Gasteiger partial charge in [-0.25, -0.2) is 0 Å². The number of likely N-dealkylation sites (tertiary alicyclic amines) is 1. The fourth-order valence-corrected chi connectivity index (χ4v) is 3.08. The average Bonchev–Trinajstić information content (AvgIpc) is 2.40. The lowest BCUT2D eigenvalue weighted by Crippen LogP contribution is -2.46. The molecule has 1 fully saturated rings. The van der Waals surface area contributed by atoms with E-state index in [0.717, 1.165) is 6.54 Å². The Morgan fingerprint density at radius 3 is 2.61 bits per heavy atom. The minimum absolute atomic E-state index is 0.573. The summed E-state index contributed by atoms with van der Waals surface area (Å²) in [5.41, 5.74) is 1.47. The van der Waals surface area contributed by atoms with E-state index in [2.05, 4.69) is 61.3 Å². The van der Waals surface area contributed by atoms with E-state index in [-0.39, 0.29) is 0 Å². The molecule has 0 unspecified atom stereocenters. The Morgan fingerprint density at radius 2 is 2.00 bits per heavy atom. The first-order valence-electron chi connectivity index (χ1n) is 7.26. The molecule has 0 saturated carbocycles. The van der Waals surface area contributed by atoms with Gasteiger partial charge in [0.2, 0.25) is 0 Å². The van der Waals surface area contributed by atoms with Gasteiger partial charge in [-0.1, -0.05) is 37.3 Å². The minimum Gasteiger partial charge on any atom is -0.314 e. The zero-order valence-corrected chi connectivity index (χ0v) is 11.9. The Balaban J connectivity index is 2.15. The maximum Gasteiger partial charge on any atom is 0.0365 e. The molecule has 1 aromatic rings. The van der Waals surface area contributed by atoms with Crippen molar-refractivity contribution in [3.63, 3.8) is 0 Å². The number of nitrogens with one attached hydrogen (secondary N) is 1. The van der Waals surface area contributed by atoms with E-state index in [0.29, 0.717) is 18.1 Å². The highest BCUT2D eigenvalue weighted by atomic mass is 15.2. The number of rotatable bonds is 4. The van der Waals surface area contributed by atoms with Gasteiger partial charge in [0.25, 0.3) is 0 Å². The summed E-state index contributed by atoms with van der Waals surface area (Å²) in [4.78, 5) is 2.64. The average molecular weight is 246 g/mol. The van der Waals surface area contributed by atoms with Crippen molar-refractivity contribution in [2.45, 2.75) is 51.7 Å². The molecule has 1 aliphatic rings. The largest absolute Gasteiger partial charge is 0.314 e. The van der Waals surface area contributed by atoms with Gasteiger partial charge >= 0.3 is 0 Å². The second kappa shape index (κ2) is 6.35. The van der Waals surface area contributed by atoms with Crippen LogP contribution in [0.4, 0.5) is 0 Å². The molecule has 0 aliphatic carbocycles. The van der Waals surface area contributed by atoms with Gasteiger partial charge in [-0.2, -0.15) is 0 Å². The SMILES string of the molecule is CCN[C@@H]1CCN(C(C)C)[C@H](c2ccccc2)C1. The Morgan fingerprint density at radius 1 is 1.28 bits per heavy atom. The highest BCUT2D eigenvalue weighted by Gasteiger charge is 2.30. The molecule has 100 valence electrons. The molecule has 2 heteroatoms. The van der Waals surface area contributed by atoms with Crippen LogP contribution < -0.4 is 5.32 Å². The molecule has 1 aliphatic heterocycles.